The van der Waals surface area contributed by atoms with Crippen molar-refractivity contribution in [3.8, 4) is 5.75 Å². The van der Waals surface area contributed by atoms with Gasteiger partial charge in [-0.3, -0.25) is 10.1 Å². The summed E-state index contributed by atoms with van der Waals surface area (Å²) in [4.78, 5) is 16.4. The Labute approximate surface area is 124 Å². The van der Waals surface area contributed by atoms with Crippen molar-refractivity contribution in [3.63, 3.8) is 0 Å². The average molecular weight is 303 g/mol. The zero-order valence-electron chi connectivity index (χ0n) is 11.3. The largest absolute Gasteiger partial charge is 0.497 e. The van der Waals surface area contributed by atoms with Gasteiger partial charge in [-0.05, 0) is 30.3 Å². The van der Waals surface area contributed by atoms with Gasteiger partial charge in [-0.1, -0.05) is 11.3 Å². The van der Waals surface area contributed by atoms with Gasteiger partial charge in [-0.25, -0.2) is 4.98 Å². The number of anilines is 1. The number of rotatable bonds is 4. The number of nitrogens with zero attached hydrogens (tertiary/aromatic N) is 1. The highest BCUT2D eigenvalue weighted by molar-refractivity contribution is 7.22. The molecule has 0 bridgehead atoms. The fourth-order valence-electron chi connectivity index (χ4n) is 1.85. The second-order valence-electron chi connectivity index (χ2n) is 4.28. The number of fused-ring (bicyclic) bond motifs is 1. The molecule has 3 aromatic rings. The number of ether oxygens (including phenoxy) is 1. The Morgan fingerprint density at radius 1 is 1.43 bits per heavy atom. The lowest BCUT2D eigenvalue weighted by Crippen LogP contribution is -2.10. The maximum atomic E-state index is 12.0. The molecule has 2 heterocycles. The predicted molar refractivity (Wildman–Crippen MR) is 80.7 cm³/mol. The highest BCUT2D eigenvalue weighted by Crippen LogP contribution is 2.29. The lowest BCUT2D eigenvalue weighted by Gasteiger charge is -1.97. The van der Waals surface area contributed by atoms with Crippen LogP contribution in [0.3, 0.4) is 0 Å². The summed E-state index contributed by atoms with van der Waals surface area (Å²) >= 11 is 1.37. The van der Waals surface area contributed by atoms with Crippen molar-refractivity contribution in [2.75, 3.05) is 12.4 Å². The molecule has 0 aliphatic rings. The van der Waals surface area contributed by atoms with E-state index in [9.17, 15) is 4.79 Å². The molecule has 1 aromatic carbocycles. The standard InChI is InChI=1S/C14H13N3O3S/c1-19-8-2-4-10-12(6-8)21-14(16-10)17-13(18)11-5-3-9(7-15)20-11/h2-6H,7,15H2,1H3,(H,16,17,18). The predicted octanol–water partition coefficient (Wildman–Crippen LogP) is 2.61. The van der Waals surface area contributed by atoms with Crippen LogP contribution in [0.5, 0.6) is 5.75 Å². The first-order chi connectivity index (χ1) is 10.2. The number of amides is 1. The van der Waals surface area contributed by atoms with Gasteiger partial charge in [0.25, 0.3) is 5.91 Å². The van der Waals surface area contributed by atoms with Gasteiger partial charge in [0.1, 0.15) is 11.5 Å². The summed E-state index contributed by atoms with van der Waals surface area (Å²) in [5, 5.41) is 3.22. The Bertz CT molecular complexity index is 794. The number of hydrogen-bond acceptors (Lipinski definition) is 6. The van der Waals surface area contributed by atoms with E-state index in [0.29, 0.717) is 10.9 Å². The van der Waals surface area contributed by atoms with Gasteiger partial charge in [0, 0.05) is 0 Å². The van der Waals surface area contributed by atoms with E-state index < -0.39 is 0 Å². The molecule has 6 nitrogen and oxygen atoms in total. The summed E-state index contributed by atoms with van der Waals surface area (Å²) in [5.41, 5.74) is 6.25. The van der Waals surface area contributed by atoms with E-state index in [1.165, 1.54) is 11.3 Å². The molecule has 7 heteroatoms. The number of nitrogens with one attached hydrogen (secondary N) is 1. The van der Waals surface area contributed by atoms with Crippen LogP contribution in [-0.2, 0) is 6.54 Å². The van der Waals surface area contributed by atoms with Crippen LogP contribution in [0.15, 0.2) is 34.7 Å². The minimum atomic E-state index is -0.347. The van der Waals surface area contributed by atoms with Crippen LogP contribution in [0, 0.1) is 0 Å². The number of furan rings is 1. The Morgan fingerprint density at radius 3 is 3.00 bits per heavy atom. The summed E-state index contributed by atoms with van der Waals surface area (Å²) in [6.45, 7) is 0.258. The Hall–Kier alpha value is -2.38. The van der Waals surface area contributed by atoms with E-state index in [-0.39, 0.29) is 18.2 Å². The summed E-state index contributed by atoms with van der Waals surface area (Å²) < 4.78 is 11.4. The molecule has 0 saturated carbocycles. The van der Waals surface area contributed by atoms with Crippen molar-refractivity contribution in [1.82, 2.24) is 4.98 Å². The first-order valence-electron chi connectivity index (χ1n) is 6.24. The topological polar surface area (TPSA) is 90.4 Å². The lowest BCUT2D eigenvalue weighted by molar-refractivity contribution is 0.0995. The third-order valence-corrected chi connectivity index (χ3v) is 3.84. The Kier molecular flexibility index (Phi) is 3.59. The summed E-state index contributed by atoms with van der Waals surface area (Å²) in [6.07, 6.45) is 0. The monoisotopic (exact) mass is 303 g/mol. The number of benzene rings is 1. The zero-order valence-corrected chi connectivity index (χ0v) is 12.1. The molecule has 3 rings (SSSR count). The molecule has 0 spiro atoms. The number of thiazole rings is 1. The van der Waals surface area contributed by atoms with Crippen molar-refractivity contribution in [2.24, 2.45) is 5.73 Å². The minimum absolute atomic E-state index is 0.215. The van der Waals surface area contributed by atoms with Gasteiger partial charge < -0.3 is 14.9 Å². The molecule has 108 valence electrons. The van der Waals surface area contributed by atoms with Crippen molar-refractivity contribution in [3.05, 3.63) is 41.9 Å². The first kappa shape index (κ1) is 13.6. The third kappa shape index (κ3) is 2.74. The summed E-state index contributed by atoms with van der Waals surface area (Å²) in [7, 11) is 1.61. The van der Waals surface area contributed by atoms with Gasteiger partial charge in [0.2, 0.25) is 0 Å². The number of nitrogens with two attached hydrogens (primary N) is 1. The second kappa shape index (κ2) is 5.55. The normalized spacial score (nSPS) is 10.8. The zero-order chi connectivity index (χ0) is 14.8. The maximum Gasteiger partial charge on any atom is 0.293 e. The van der Waals surface area contributed by atoms with Crippen LogP contribution < -0.4 is 15.8 Å². The molecule has 0 fully saturated rings. The fraction of sp³-hybridized carbons (Fsp3) is 0.143. The molecule has 0 radical (unpaired) electrons. The lowest BCUT2D eigenvalue weighted by atomic mass is 10.3. The van der Waals surface area contributed by atoms with E-state index in [1.54, 1.807) is 19.2 Å². The van der Waals surface area contributed by atoms with E-state index in [2.05, 4.69) is 10.3 Å². The average Bonchev–Trinajstić information content (AvgIpc) is 3.12. The molecular weight excluding hydrogens is 290 g/mol. The molecule has 3 N–H and O–H groups in total. The maximum absolute atomic E-state index is 12.0. The highest BCUT2D eigenvalue weighted by atomic mass is 32.1. The van der Waals surface area contributed by atoms with E-state index in [0.717, 1.165) is 16.0 Å². The number of carbonyl (C=O) groups is 1. The molecule has 0 atom stereocenters. The molecule has 0 aliphatic heterocycles. The number of hydrogen-bond donors (Lipinski definition) is 2. The highest BCUT2D eigenvalue weighted by Gasteiger charge is 2.13. The fourth-order valence-corrected chi connectivity index (χ4v) is 2.74. The van der Waals surface area contributed by atoms with Gasteiger partial charge >= 0.3 is 0 Å². The third-order valence-electron chi connectivity index (χ3n) is 2.90. The molecule has 0 saturated heterocycles. The van der Waals surface area contributed by atoms with Crippen LogP contribution in [0.4, 0.5) is 5.13 Å². The number of aromatic nitrogens is 1. The van der Waals surface area contributed by atoms with Crippen LogP contribution in [-0.4, -0.2) is 18.0 Å². The summed E-state index contributed by atoms with van der Waals surface area (Å²) in [6, 6.07) is 8.82. The second-order valence-corrected chi connectivity index (χ2v) is 5.31. The Balaban J connectivity index is 1.82. The van der Waals surface area contributed by atoms with Gasteiger partial charge in [0.15, 0.2) is 10.9 Å². The molecule has 0 aliphatic carbocycles. The first-order valence-corrected chi connectivity index (χ1v) is 7.06. The Morgan fingerprint density at radius 2 is 2.29 bits per heavy atom. The van der Waals surface area contributed by atoms with E-state index in [1.807, 2.05) is 18.2 Å². The van der Waals surface area contributed by atoms with Crippen molar-refractivity contribution in [1.29, 1.82) is 0 Å². The van der Waals surface area contributed by atoms with E-state index >= 15 is 0 Å². The van der Waals surface area contributed by atoms with Gasteiger partial charge in [0.05, 0.1) is 23.9 Å². The smallest absolute Gasteiger partial charge is 0.293 e. The van der Waals surface area contributed by atoms with Crippen LogP contribution in [0.1, 0.15) is 16.3 Å². The molecule has 1 amide bonds. The quantitative estimate of drug-likeness (QED) is 0.773. The van der Waals surface area contributed by atoms with Crippen LogP contribution in [0.25, 0.3) is 10.2 Å². The minimum Gasteiger partial charge on any atom is -0.497 e. The van der Waals surface area contributed by atoms with Gasteiger partial charge in [-0.15, -0.1) is 0 Å². The van der Waals surface area contributed by atoms with Crippen LogP contribution >= 0.6 is 11.3 Å². The number of carbonyl (C=O) groups excluding carboxylic acids is 1. The van der Waals surface area contributed by atoms with Gasteiger partial charge in [-0.2, -0.15) is 0 Å². The van der Waals surface area contributed by atoms with Crippen molar-refractivity contribution >= 4 is 32.6 Å². The molecule has 21 heavy (non-hydrogen) atoms. The molecule has 2 aromatic heterocycles. The van der Waals surface area contributed by atoms with Crippen molar-refractivity contribution < 1.29 is 13.9 Å². The van der Waals surface area contributed by atoms with Crippen molar-refractivity contribution in [2.45, 2.75) is 6.54 Å². The number of methoxy groups -OCH3 is 1. The molecular formula is C14H13N3O3S. The molecule has 0 unspecified atom stereocenters. The SMILES string of the molecule is COc1ccc2nc(NC(=O)c3ccc(CN)o3)sc2c1. The summed E-state index contributed by atoms with van der Waals surface area (Å²) in [5.74, 6) is 1.19. The van der Waals surface area contributed by atoms with Crippen LogP contribution in [0.2, 0.25) is 0 Å². The van der Waals surface area contributed by atoms with E-state index in [4.69, 9.17) is 14.9 Å².